The van der Waals surface area contributed by atoms with Crippen molar-refractivity contribution in [1.82, 2.24) is 15.6 Å². The van der Waals surface area contributed by atoms with Gasteiger partial charge in [0.1, 0.15) is 5.76 Å². The highest BCUT2D eigenvalue weighted by Gasteiger charge is 2.01. The van der Waals surface area contributed by atoms with Gasteiger partial charge < -0.3 is 15.1 Å². The summed E-state index contributed by atoms with van der Waals surface area (Å²) in [5.41, 5.74) is 1.08. The topological polar surface area (TPSA) is 67.2 Å². The molecule has 0 saturated heterocycles. The van der Waals surface area contributed by atoms with E-state index in [9.17, 15) is 4.79 Å². The van der Waals surface area contributed by atoms with Crippen LogP contribution in [0.25, 0.3) is 0 Å². The van der Waals surface area contributed by atoms with Crippen molar-refractivity contribution in [2.45, 2.75) is 13.1 Å². The van der Waals surface area contributed by atoms with Gasteiger partial charge in [0.15, 0.2) is 6.39 Å². The number of nitrogens with one attached hydrogen (secondary N) is 2. The smallest absolute Gasteiger partial charge is 0.234 e. The fraction of sp³-hybridized carbons (Fsp3) is 0.231. The second kappa shape index (κ2) is 6.56. The van der Waals surface area contributed by atoms with Crippen LogP contribution >= 0.6 is 0 Å². The molecule has 0 spiro atoms. The van der Waals surface area contributed by atoms with Crippen LogP contribution < -0.4 is 10.6 Å². The molecule has 1 amide bonds. The average molecular weight is 245 g/mol. The lowest BCUT2D eigenvalue weighted by Gasteiger charge is -2.05. The van der Waals surface area contributed by atoms with Gasteiger partial charge in [-0.1, -0.05) is 30.3 Å². The molecule has 0 aliphatic carbocycles. The van der Waals surface area contributed by atoms with Crippen molar-refractivity contribution in [2.75, 3.05) is 6.54 Å². The molecule has 0 unspecified atom stereocenters. The number of rotatable bonds is 6. The van der Waals surface area contributed by atoms with E-state index in [1.165, 1.54) is 6.39 Å². The lowest BCUT2D eigenvalue weighted by molar-refractivity contribution is -0.120. The summed E-state index contributed by atoms with van der Waals surface area (Å²) in [7, 11) is 0. The third-order valence-corrected chi connectivity index (χ3v) is 2.40. The van der Waals surface area contributed by atoms with Gasteiger partial charge in [0.2, 0.25) is 5.91 Å². The molecule has 1 aromatic heterocycles. The van der Waals surface area contributed by atoms with Crippen molar-refractivity contribution in [1.29, 1.82) is 0 Å². The van der Waals surface area contributed by atoms with E-state index in [1.54, 1.807) is 6.20 Å². The second-order valence-electron chi connectivity index (χ2n) is 3.83. The molecule has 5 heteroatoms. The first kappa shape index (κ1) is 12.3. The molecule has 2 N–H and O–H groups in total. The summed E-state index contributed by atoms with van der Waals surface area (Å²) in [6.07, 6.45) is 2.99. The number of aromatic nitrogens is 1. The number of hydrogen-bond donors (Lipinski definition) is 2. The minimum Gasteiger partial charge on any atom is -0.447 e. The van der Waals surface area contributed by atoms with Crippen LogP contribution in [0.5, 0.6) is 0 Å². The SMILES string of the molecule is O=C(CNCc1cnco1)NCc1ccccc1. The third kappa shape index (κ3) is 4.03. The Bertz CT molecular complexity index is 468. The molecule has 0 fully saturated rings. The summed E-state index contributed by atoms with van der Waals surface area (Å²) in [6, 6.07) is 9.79. The Kier molecular flexibility index (Phi) is 4.49. The Morgan fingerprint density at radius 3 is 2.78 bits per heavy atom. The van der Waals surface area contributed by atoms with Crippen molar-refractivity contribution < 1.29 is 9.21 Å². The lowest BCUT2D eigenvalue weighted by atomic mass is 10.2. The van der Waals surface area contributed by atoms with Crippen molar-refractivity contribution in [3.8, 4) is 0 Å². The molecule has 5 nitrogen and oxygen atoms in total. The quantitative estimate of drug-likeness (QED) is 0.799. The Morgan fingerprint density at radius 1 is 1.22 bits per heavy atom. The van der Waals surface area contributed by atoms with Crippen LogP contribution in [0.1, 0.15) is 11.3 Å². The maximum atomic E-state index is 11.5. The Labute approximate surface area is 105 Å². The van der Waals surface area contributed by atoms with E-state index in [1.807, 2.05) is 30.3 Å². The van der Waals surface area contributed by atoms with Crippen LogP contribution in [0.3, 0.4) is 0 Å². The van der Waals surface area contributed by atoms with Crippen LogP contribution in [0.2, 0.25) is 0 Å². The first-order chi connectivity index (χ1) is 8.84. The normalized spacial score (nSPS) is 10.2. The number of carbonyl (C=O) groups excluding carboxylic acids is 1. The van der Waals surface area contributed by atoms with E-state index in [-0.39, 0.29) is 12.5 Å². The minimum atomic E-state index is -0.0432. The van der Waals surface area contributed by atoms with E-state index in [2.05, 4.69) is 15.6 Å². The van der Waals surface area contributed by atoms with Gasteiger partial charge in [-0.05, 0) is 5.56 Å². The molecule has 18 heavy (non-hydrogen) atoms. The van der Waals surface area contributed by atoms with Gasteiger partial charge in [-0.15, -0.1) is 0 Å². The molecular weight excluding hydrogens is 230 g/mol. The first-order valence-corrected chi connectivity index (χ1v) is 5.73. The molecule has 0 aliphatic heterocycles. The number of amides is 1. The van der Waals surface area contributed by atoms with E-state index in [4.69, 9.17) is 4.42 Å². The lowest BCUT2D eigenvalue weighted by Crippen LogP contribution is -2.33. The van der Waals surface area contributed by atoms with E-state index in [0.29, 0.717) is 18.8 Å². The van der Waals surface area contributed by atoms with Gasteiger partial charge in [-0.2, -0.15) is 0 Å². The Balaban J connectivity index is 1.63. The standard InChI is InChI=1S/C13H15N3O2/c17-13(9-14-7-12-8-15-10-18-12)16-6-11-4-2-1-3-5-11/h1-5,8,10,14H,6-7,9H2,(H,16,17). The molecular formula is C13H15N3O2. The molecule has 0 aliphatic rings. The van der Waals surface area contributed by atoms with Crippen molar-refractivity contribution in [3.63, 3.8) is 0 Å². The average Bonchev–Trinajstić information content (AvgIpc) is 2.91. The highest BCUT2D eigenvalue weighted by molar-refractivity contribution is 5.77. The van der Waals surface area contributed by atoms with Gasteiger partial charge in [-0.3, -0.25) is 4.79 Å². The molecule has 0 atom stereocenters. The van der Waals surface area contributed by atoms with Crippen molar-refractivity contribution >= 4 is 5.91 Å². The highest BCUT2D eigenvalue weighted by atomic mass is 16.3. The summed E-state index contributed by atoms with van der Waals surface area (Å²) in [5, 5.41) is 5.81. The molecule has 1 aromatic carbocycles. The Hall–Kier alpha value is -2.14. The van der Waals surface area contributed by atoms with E-state index in [0.717, 1.165) is 5.56 Å². The summed E-state index contributed by atoms with van der Waals surface area (Å²) in [6.45, 7) is 1.30. The molecule has 0 bridgehead atoms. The van der Waals surface area contributed by atoms with Gasteiger partial charge >= 0.3 is 0 Å². The van der Waals surface area contributed by atoms with E-state index < -0.39 is 0 Å². The molecule has 0 saturated carbocycles. The minimum absolute atomic E-state index is 0.0432. The number of benzene rings is 1. The predicted octanol–water partition coefficient (Wildman–Crippen LogP) is 1.08. The molecule has 94 valence electrons. The fourth-order valence-corrected chi connectivity index (χ4v) is 1.49. The van der Waals surface area contributed by atoms with Crippen molar-refractivity contribution in [2.24, 2.45) is 0 Å². The summed E-state index contributed by atoms with van der Waals surface area (Å²) >= 11 is 0. The maximum absolute atomic E-state index is 11.5. The number of hydrogen-bond acceptors (Lipinski definition) is 4. The predicted molar refractivity (Wildman–Crippen MR) is 66.5 cm³/mol. The first-order valence-electron chi connectivity index (χ1n) is 5.73. The van der Waals surface area contributed by atoms with Gasteiger partial charge in [0.25, 0.3) is 0 Å². The number of nitrogens with zero attached hydrogens (tertiary/aromatic N) is 1. The van der Waals surface area contributed by atoms with Crippen molar-refractivity contribution in [3.05, 3.63) is 54.2 Å². The highest BCUT2D eigenvalue weighted by Crippen LogP contribution is 1.97. The molecule has 2 aromatic rings. The van der Waals surface area contributed by atoms with Gasteiger partial charge in [-0.25, -0.2) is 4.98 Å². The summed E-state index contributed by atoms with van der Waals surface area (Å²) in [5.74, 6) is 0.671. The van der Waals surface area contributed by atoms with Gasteiger partial charge in [0, 0.05) is 6.54 Å². The van der Waals surface area contributed by atoms with Crippen LogP contribution in [0, 0.1) is 0 Å². The summed E-state index contributed by atoms with van der Waals surface area (Å²) in [4.78, 5) is 15.3. The van der Waals surface area contributed by atoms with E-state index >= 15 is 0 Å². The number of oxazole rings is 1. The second-order valence-corrected chi connectivity index (χ2v) is 3.83. The zero-order valence-electron chi connectivity index (χ0n) is 9.93. The molecule has 0 radical (unpaired) electrons. The van der Waals surface area contributed by atoms with Crippen LogP contribution in [-0.4, -0.2) is 17.4 Å². The molecule has 2 rings (SSSR count). The summed E-state index contributed by atoms with van der Waals surface area (Å²) < 4.78 is 5.04. The van der Waals surface area contributed by atoms with Crippen LogP contribution in [0.4, 0.5) is 0 Å². The Morgan fingerprint density at radius 2 is 2.06 bits per heavy atom. The third-order valence-electron chi connectivity index (χ3n) is 2.40. The largest absolute Gasteiger partial charge is 0.447 e. The zero-order chi connectivity index (χ0) is 12.6. The zero-order valence-corrected chi connectivity index (χ0v) is 9.93. The van der Waals surface area contributed by atoms with Crippen LogP contribution in [0.15, 0.2) is 47.3 Å². The molecule has 1 heterocycles. The fourth-order valence-electron chi connectivity index (χ4n) is 1.49. The maximum Gasteiger partial charge on any atom is 0.234 e. The van der Waals surface area contributed by atoms with Gasteiger partial charge in [0.05, 0.1) is 19.3 Å². The number of carbonyl (C=O) groups is 1. The monoisotopic (exact) mass is 245 g/mol. The van der Waals surface area contributed by atoms with Crippen LogP contribution in [-0.2, 0) is 17.9 Å².